The molecule has 14 heavy (non-hydrogen) atoms. The predicted octanol–water partition coefficient (Wildman–Crippen LogP) is 3.30. The molecule has 1 aromatic rings. The number of rotatable bonds is 4. The Morgan fingerprint density at radius 2 is 2.36 bits per heavy atom. The van der Waals surface area contributed by atoms with Crippen LogP contribution in [0.2, 0.25) is 0 Å². The molecule has 0 spiro atoms. The van der Waals surface area contributed by atoms with Gasteiger partial charge in [-0.1, -0.05) is 19.4 Å². The summed E-state index contributed by atoms with van der Waals surface area (Å²) < 4.78 is 6.35. The molecule has 0 aliphatic heterocycles. The first-order valence-corrected chi connectivity index (χ1v) is 5.52. The van der Waals surface area contributed by atoms with Gasteiger partial charge < -0.3 is 9.73 Å². The van der Waals surface area contributed by atoms with Gasteiger partial charge in [-0.2, -0.15) is 0 Å². The van der Waals surface area contributed by atoms with Crippen LogP contribution in [0.1, 0.15) is 19.6 Å². The minimum atomic E-state index is 0.527. The van der Waals surface area contributed by atoms with Crippen LogP contribution in [0.5, 0.6) is 0 Å². The molecule has 0 fully saturated rings. The van der Waals surface area contributed by atoms with E-state index in [0.29, 0.717) is 5.92 Å². The van der Waals surface area contributed by atoms with Gasteiger partial charge in [-0.25, -0.2) is 0 Å². The summed E-state index contributed by atoms with van der Waals surface area (Å²) in [5, 5.41) is 3.16. The number of hydrogen-bond acceptors (Lipinski definition) is 2. The molecule has 1 N–H and O–H groups in total. The monoisotopic (exact) mass is 257 g/mol. The second kappa shape index (κ2) is 5.37. The first kappa shape index (κ1) is 11.5. The highest BCUT2D eigenvalue weighted by atomic mass is 79.9. The third-order valence-electron chi connectivity index (χ3n) is 2.08. The fourth-order valence-electron chi connectivity index (χ4n) is 1.20. The second-order valence-electron chi connectivity index (χ2n) is 3.54. The van der Waals surface area contributed by atoms with Crippen molar-refractivity contribution in [2.75, 3.05) is 13.6 Å². The van der Waals surface area contributed by atoms with E-state index in [0.717, 1.165) is 16.8 Å². The summed E-state index contributed by atoms with van der Waals surface area (Å²) in [6.45, 7) is 5.25. The van der Waals surface area contributed by atoms with Gasteiger partial charge >= 0.3 is 0 Å². The van der Waals surface area contributed by atoms with E-state index in [1.165, 1.54) is 5.57 Å². The Hall–Kier alpha value is -0.540. The summed E-state index contributed by atoms with van der Waals surface area (Å²) in [5.74, 6) is 1.42. The highest BCUT2D eigenvalue weighted by molar-refractivity contribution is 9.10. The molecule has 0 bridgehead atoms. The Bertz CT molecular complexity index is 315. The van der Waals surface area contributed by atoms with Crippen LogP contribution < -0.4 is 5.32 Å². The topological polar surface area (TPSA) is 25.2 Å². The van der Waals surface area contributed by atoms with Crippen LogP contribution in [0.4, 0.5) is 0 Å². The van der Waals surface area contributed by atoms with Crippen molar-refractivity contribution in [3.8, 4) is 0 Å². The molecule has 78 valence electrons. The number of nitrogens with one attached hydrogen (secondary N) is 1. The highest BCUT2D eigenvalue weighted by Gasteiger charge is 2.05. The molecule has 1 rings (SSSR count). The lowest BCUT2D eigenvalue weighted by Gasteiger charge is -2.09. The van der Waals surface area contributed by atoms with Gasteiger partial charge in [-0.3, -0.25) is 0 Å². The van der Waals surface area contributed by atoms with Crippen molar-refractivity contribution in [2.24, 2.45) is 5.92 Å². The molecule has 1 aromatic heterocycles. The van der Waals surface area contributed by atoms with E-state index in [4.69, 9.17) is 4.42 Å². The normalized spacial score (nSPS) is 12.5. The zero-order valence-corrected chi connectivity index (χ0v) is 10.4. The molecule has 0 atom stereocenters. The second-order valence-corrected chi connectivity index (χ2v) is 4.39. The third kappa shape index (κ3) is 3.00. The van der Waals surface area contributed by atoms with Crippen LogP contribution in [-0.4, -0.2) is 13.6 Å². The average Bonchev–Trinajstić information content (AvgIpc) is 2.51. The molecule has 0 aliphatic rings. The first-order chi connectivity index (χ1) is 6.65. The van der Waals surface area contributed by atoms with Crippen LogP contribution in [0, 0.1) is 5.92 Å². The smallest absolute Gasteiger partial charge is 0.140 e. The van der Waals surface area contributed by atoms with Gasteiger partial charge in [-0.05, 0) is 41.0 Å². The van der Waals surface area contributed by atoms with Crippen LogP contribution in [-0.2, 0) is 0 Å². The van der Waals surface area contributed by atoms with E-state index in [-0.39, 0.29) is 0 Å². The Labute approximate surface area is 93.5 Å². The molecule has 0 saturated carbocycles. The van der Waals surface area contributed by atoms with Crippen LogP contribution >= 0.6 is 15.9 Å². The zero-order valence-electron chi connectivity index (χ0n) is 8.80. The molecule has 3 heteroatoms. The quantitative estimate of drug-likeness (QED) is 0.896. The van der Waals surface area contributed by atoms with E-state index in [1.807, 2.05) is 13.1 Å². The molecule has 2 nitrogen and oxygen atoms in total. The van der Waals surface area contributed by atoms with Gasteiger partial charge in [0.25, 0.3) is 0 Å². The molecule has 1 heterocycles. The predicted molar refractivity (Wildman–Crippen MR) is 63.1 cm³/mol. The van der Waals surface area contributed by atoms with Crippen LogP contribution in [0.25, 0.3) is 6.08 Å². The van der Waals surface area contributed by atoms with Crippen molar-refractivity contribution in [3.63, 3.8) is 0 Å². The average molecular weight is 258 g/mol. The number of furan rings is 1. The van der Waals surface area contributed by atoms with Gasteiger partial charge in [0.1, 0.15) is 5.76 Å². The molecule has 0 radical (unpaired) electrons. The lowest BCUT2D eigenvalue weighted by Crippen LogP contribution is -2.13. The summed E-state index contributed by atoms with van der Waals surface area (Å²) >= 11 is 3.44. The van der Waals surface area contributed by atoms with Gasteiger partial charge in [-0.15, -0.1) is 0 Å². The molecule has 0 saturated heterocycles. The molecular weight excluding hydrogens is 242 g/mol. The summed E-state index contributed by atoms with van der Waals surface area (Å²) in [6, 6.07) is 1.91. The van der Waals surface area contributed by atoms with E-state index in [2.05, 4.69) is 41.2 Å². The van der Waals surface area contributed by atoms with E-state index < -0.39 is 0 Å². The van der Waals surface area contributed by atoms with Gasteiger partial charge in [0, 0.05) is 6.54 Å². The molecule has 0 aromatic carbocycles. The minimum Gasteiger partial charge on any atom is -0.464 e. The molecular formula is C11H16BrNO. The summed E-state index contributed by atoms with van der Waals surface area (Å²) in [7, 11) is 1.95. The first-order valence-electron chi connectivity index (χ1n) is 4.73. The maximum absolute atomic E-state index is 5.34. The highest BCUT2D eigenvalue weighted by Crippen LogP contribution is 2.22. The van der Waals surface area contributed by atoms with Crippen molar-refractivity contribution >= 4 is 22.0 Å². The molecule has 0 unspecified atom stereocenters. The zero-order chi connectivity index (χ0) is 10.6. The van der Waals surface area contributed by atoms with Gasteiger partial charge in [0.2, 0.25) is 0 Å². The van der Waals surface area contributed by atoms with Gasteiger partial charge in [0.15, 0.2) is 0 Å². The standard InChI is InChI=1S/C11H16BrNO/c1-8(2)9(7-13-3)6-11-10(12)4-5-14-11/h4-6,8,13H,7H2,1-3H3/b9-6-. The fourth-order valence-corrected chi connectivity index (χ4v) is 1.52. The number of likely N-dealkylation sites (N-methyl/N-ethyl adjacent to an activating group) is 1. The van der Waals surface area contributed by atoms with E-state index >= 15 is 0 Å². The lowest BCUT2D eigenvalue weighted by molar-refractivity contribution is 0.553. The van der Waals surface area contributed by atoms with Crippen molar-refractivity contribution in [3.05, 3.63) is 28.1 Å². The Morgan fingerprint density at radius 1 is 1.64 bits per heavy atom. The van der Waals surface area contributed by atoms with Crippen LogP contribution in [0.3, 0.4) is 0 Å². The van der Waals surface area contributed by atoms with Crippen LogP contribution in [0.15, 0.2) is 26.8 Å². The van der Waals surface area contributed by atoms with Crippen molar-refractivity contribution in [1.82, 2.24) is 5.32 Å². The fraction of sp³-hybridized carbons (Fsp3) is 0.455. The molecule has 0 aliphatic carbocycles. The summed E-state index contributed by atoms with van der Waals surface area (Å²) in [4.78, 5) is 0. The van der Waals surface area contributed by atoms with Crippen molar-refractivity contribution < 1.29 is 4.42 Å². The molecule has 0 amide bonds. The third-order valence-corrected chi connectivity index (χ3v) is 2.74. The minimum absolute atomic E-state index is 0.527. The SMILES string of the molecule is CNC/C(=C/c1occc1Br)C(C)C. The lowest BCUT2D eigenvalue weighted by atomic mass is 10.0. The maximum atomic E-state index is 5.34. The Balaban J connectivity index is 2.87. The van der Waals surface area contributed by atoms with Crippen molar-refractivity contribution in [1.29, 1.82) is 0 Å². The Kier molecular flexibility index (Phi) is 4.42. The largest absolute Gasteiger partial charge is 0.464 e. The number of halogens is 1. The number of hydrogen-bond donors (Lipinski definition) is 1. The Morgan fingerprint density at radius 3 is 2.79 bits per heavy atom. The van der Waals surface area contributed by atoms with Crippen molar-refractivity contribution in [2.45, 2.75) is 13.8 Å². The summed E-state index contributed by atoms with van der Waals surface area (Å²) in [6.07, 6.45) is 3.78. The van der Waals surface area contributed by atoms with E-state index in [1.54, 1.807) is 6.26 Å². The van der Waals surface area contributed by atoms with E-state index in [9.17, 15) is 0 Å². The van der Waals surface area contributed by atoms with Gasteiger partial charge in [0.05, 0.1) is 10.7 Å². The summed E-state index contributed by atoms with van der Waals surface area (Å²) in [5.41, 5.74) is 1.34. The maximum Gasteiger partial charge on any atom is 0.140 e.